The first-order valence-electron chi connectivity index (χ1n) is 10.1. The Bertz CT molecular complexity index is 381. The molecule has 0 amide bonds. The van der Waals surface area contributed by atoms with Gasteiger partial charge in [0.15, 0.2) is 0 Å². The summed E-state index contributed by atoms with van der Waals surface area (Å²) >= 11 is 0. The lowest BCUT2D eigenvalue weighted by Gasteiger charge is -2.28. The molecule has 0 aromatic carbocycles. The third kappa shape index (κ3) is 13.6. The number of unbranched alkanes of at least 4 members (excludes halogenated alkanes) is 6. The van der Waals surface area contributed by atoms with Crippen molar-refractivity contribution in [1.82, 2.24) is 0 Å². The zero-order valence-electron chi connectivity index (χ0n) is 17.0. The Kier molecular flexibility index (Phi) is 16.2. The molecule has 0 rings (SSSR count). The number of esters is 2. The van der Waals surface area contributed by atoms with Gasteiger partial charge in [0, 0.05) is 20.0 Å². The van der Waals surface area contributed by atoms with Gasteiger partial charge >= 0.3 is 11.9 Å². The van der Waals surface area contributed by atoms with Crippen molar-refractivity contribution in [3.05, 3.63) is 0 Å². The molecular formula is C20H38O7. The first-order valence-corrected chi connectivity index (χ1v) is 10.1. The van der Waals surface area contributed by atoms with Crippen LogP contribution >= 0.6 is 0 Å². The first-order chi connectivity index (χ1) is 13.0. The summed E-state index contributed by atoms with van der Waals surface area (Å²) in [6.45, 7) is 1.88. The largest absolute Gasteiger partial charge is 0.466 e. The second kappa shape index (κ2) is 17.0. The predicted octanol–water partition coefficient (Wildman–Crippen LogP) is 2.61. The SMILES string of the molecule is CCCCCCCCCOC(=O)CCCC(=O)OCC(CO)(CO)COC. The van der Waals surface area contributed by atoms with Crippen LogP contribution in [0.3, 0.4) is 0 Å². The van der Waals surface area contributed by atoms with Crippen molar-refractivity contribution >= 4 is 11.9 Å². The minimum absolute atomic E-state index is 0.0816. The second-order valence-electron chi connectivity index (χ2n) is 7.11. The van der Waals surface area contributed by atoms with Gasteiger partial charge in [-0.25, -0.2) is 0 Å². The number of ether oxygens (including phenoxy) is 3. The van der Waals surface area contributed by atoms with Gasteiger partial charge in [-0.1, -0.05) is 45.4 Å². The zero-order chi connectivity index (χ0) is 20.4. The molecule has 0 saturated carbocycles. The topological polar surface area (TPSA) is 102 Å². The minimum Gasteiger partial charge on any atom is -0.466 e. The quantitative estimate of drug-likeness (QED) is 0.274. The van der Waals surface area contributed by atoms with Crippen LogP contribution in [0.25, 0.3) is 0 Å². The molecule has 0 unspecified atom stereocenters. The van der Waals surface area contributed by atoms with Gasteiger partial charge in [0.2, 0.25) is 0 Å². The molecule has 0 spiro atoms. The summed E-state index contributed by atoms with van der Waals surface area (Å²) in [5.41, 5.74) is -1.00. The Morgan fingerprint density at radius 3 is 1.89 bits per heavy atom. The third-order valence-corrected chi connectivity index (χ3v) is 4.43. The Labute approximate surface area is 163 Å². The van der Waals surface area contributed by atoms with E-state index in [1.165, 1.54) is 39.2 Å². The molecule has 0 aliphatic rings. The van der Waals surface area contributed by atoms with Gasteiger partial charge in [0.05, 0.1) is 31.8 Å². The van der Waals surface area contributed by atoms with Gasteiger partial charge in [0.1, 0.15) is 6.61 Å². The van der Waals surface area contributed by atoms with Crippen molar-refractivity contribution < 1.29 is 34.0 Å². The van der Waals surface area contributed by atoms with Crippen LogP contribution in [0, 0.1) is 5.41 Å². The summed E-state index contributed by atoms with van der Waals surface area (Å²) in [5.74, 6) is -0.773. The molecule has 0 atom stereocenters. The lowest BCUT2D eigenvalue weighted by molar-refractivity contribution is -0.152. The summed E-state index contributed by atoms with van der Waals surface area (Å²) in [4.78, 5) is 23.4. The Balaban J connectivity index is 3.71. The molecule has 0 radical (unpaired) electrons. The number of aliphatic hydroxyl groups is 2. The molecule has 7 heteroatoms. The summed E-state index contributed by atoms with van der Waals surface area (Å²) in [6, 6.07) is 0. The normalized spacial score (nSPS) is 11.4. The number of rotatable bonds is 18. The molecule has 160 valence electrons. The standard InChI is InChI=1S/C20H38O7/c1-3-4-5-6-7-8-9-13-26-18(23)11-10-12-19(24)27-17-20(14-21,15-22)16-25-2/h21-22H,3-17H2,1-2H3. The monoisotopic (exact) mass is 390 g/mol. The van der Waals surface area contributed by atoms with E-state index in [1.54, 1.807) is 0 Å². The Morgan fingerprint density at radius 2 is 1.33 bits per heavy atom. The maximum atomic E-state index is 11.7. The molecule has 2 N–H and O–H groups in total. The average molecular weight is 391 g/mol. The Hall–Kier alpha value is -1.18. The maximum Gasteiger partial charge on any atom is 0.305 e. The predicted molar refractivity (Wildman–Crippen MR) is 102 cm³/mol. The van der Waals surface area contributed by atoms with Gasteiger partial charge < -0.3 is 24.4 Å². The van der Waals surface area contributed by atoms with Crippen molar-refractivity contribution in [2.24, 2.45) is 5.41 Å². The highest BCUT2D eigenvalue weighted by molar-refractivity contribution is 5.72. The van der Waals surface area contributed by atoms with Crippen LogP contribution in [0.2, 0.25) is 0 Å². The van der Waals surface area contributed by atoms with Crippen LogP contribution in [-0.2, 0) is 23.8 Å². The van der Waals surface area contributed by atoms with E-state index in [4.69, 9.17) is 14.2 Å². The molecule has 0 heterocycles. The fraction of sp³-hybridized carbons (Fsp3) is 0.900. The number of carbonyl (C=O) groups is 2. The molecule has 0 bridgehead atoms. The fourth-order valence-electron chi connectivity index (χ4n) is 2.58. The second-order valence-corrected chi connectivity index (χ2v) is 7.11. The van der Waals surface area contributed by atoms with E-state index in [9.17, 15) is 19.8 Å². The molecule has 0 fully saturated rings. The van der Waals surface area contributed by atoms with Gasteiger partial charge in [-0.3, -0.25) is 9.59 Å². The van der Waals surface area contributed by atoms with E-state index < -0.39 is 11.4 Å². The zero-order valence-corrected chi connectivity index (χ0v) is 17.0. The highest BCUT2D eigenvalue weighted by atomic mass is 16.5. The van der Waals surface area contributed by atoms with Crippen molar-refractivity contribution in [2.75, 3.05) is 40.1 Å². The summed E-state index contributed by atoms with van der Waals surface area (Å²) < 4.78 is 15.2. The van der Waals surface area contributed by atoms with Crippen molar-refractivity contribution in [2.45, 2.75) is 71.1 Å². The Morgan fingerprint density at radius 1 is 0.778 bits per heavy atom. The number of hydrogen-bond acceptors (Lipinski definition) is 7. The van der Waals surface area contributed by atoms with E-state index in [2.05, 4.69) is 6.92 Å². The number of hydrogen-bond donors (Lipinski definition) is 2. The lowest BCUT2D eigenvalue weighted by atomic mass is 9.92. The van der Waals surface area contributed by atoms with Crippen LogP contribution < -0.4 is 0 Å². The maximum absolute atomic E-state index is 11.7. The molecule has 0 aromatic rings. The van der Waals surface area contributed by atoms with Crippen LogP contribution in [-0.4, -0.2) is 62.3 Å². The summed E-state index contributed by atoms with van der Waals surface area (Å²) in [6.07, 6.45) is 8.78. The van der Waals surface area contributed by atoms with Crippen LogP contribution in [0.15, 0.2) is 0 Å². The van der Waals surface area contributed by atoms with Crippen molar-refractivity contribution in [1.29, 1.82) is 0 Å². The van der Waals surface area contributed by atoms with Gasteiger partial charge in [-0.05, 0) is 12.8 Å². The van der Waals surface area contributed by atoms with E-state index >= 15 is 0 Å². The van der Waals surface area contributed by atoms with Gasteiger partial charge in [-0.2, -0.15) is 0 Å². The molecule has 0 aliphatic heterocycles. The lowest BCUT2D eigenvalue weighted by Crippen LogP contribution is -2.40. The van der Waals surface area contributed by atoms with Crippen LogP contribution in [0.4, 0.5) is 0 Å². The smallest absolute Gasteiger partial charge is 0.305 e. The molecule has 27 heavy (non-hydrogen) atoms. The molecule has 0 aromatic heterocycles. The van der Waals surface area contributed by atoms with Crippen molar-refractivity contribution in [3.63, 3.8) is 0 Å². The van der Waals surface area contributed by atoms with E-state index in [0.29, 0.717) is 13.0 Å². The highest BCUT2D eigenvalue weighted by Crippen LogP contribution is 2.17. The van der Waals surface area contributed by atoms with Crippen LogP contribution in [0.5, 0.6) is 0 Å². The molecular weight excluding hydrogens is 352 g/mol. The first kappa shape index (κ1) is 25.8. The van der Waals surface area contributed by atoms with Crippen LogP contribution in [0.1, 0.15) is 71.1 Å². The molecule has 7 nitrogen and oxygen atoms in total. The number of methoxy groups -OCH3 is 1. The summed E-state index contributed by atoms with van der Waals surface area (Å²) in [7, 11) is 1.44. The van der Waals surface area contributed by atoms with E-state index in [1.807, 2.05) is 0 Å². The highest BCUT2D eigenvalue weighted by Gasteiger charge is 2.31. The molecule has 0 aliphatic carbocycles. The van der Waals surface area contributed by atoms with E-state index in [-0.39, 0.29) is 45.2 Å². The number of aliphatic hydroxyl groups excluding tert-OH is 2. The van der Waals surface area contributed by atoms with Gasteiger partial charge in [0.25, 0.3) is 0 Å². The summed E-state index contributed by atoms with van der Waals surface area (Å²) in [5, 5.41) is 18.7. The molecule has 0 saturated heterocycles. The van der Waals surface area contributed by atoms with Gasteiger partial charge in [-0.15, -0.1) is 0 Å². The number of carbonyl (C=O) groups excluding carboxylic acids is 2. The average Bonchev–Trinajstić information content (AvgIpc) is 2.67. The minimum atomic E-state index is -1.00. The fourth-order valence-corrected chi connectivity index (χ4v) is 2.58. The van der Waals surface area contributed by atoms with Crippen molar-refractivity contribution in [3.8, 4) is 0 Å². The van der Waals surface area contributed by atoms with E-state index in [0.717, 1.165) is 12.8 Å². The third-order valence-electron chi connectivity index (χ3n) is 4.43.